The molecule has 0 aromatic rings. The fourth-order valence-corrected chi connectivity index (χ4v) is 0.881. The standard InChI is InChI=1S/C10H21NO3/c1-7(2)14-6-8(3)5-11-9(4)10(12)13/h7-9,11H,5-6H2,1-4H3,(H,12,13)/t8-,9-/m0/s1. The maximum Gasteiger partial charge on any atom is 0.320 e. The summed E-state index contributed by atoms with van der Waals surface area (Å²) < 4.78 is 5.41. The molecular formula is C10H21NO3. The minimum Gasteiger partial charge on any atom is -0.480 e. The lowest BCUT2D eigenvalue weighted by Crippen LogP contribution is -2.37. The Kier molecular flexibility index (Phi) is 6.49. The molecule has 0 radical (unpaired) electrons. The van der Waals surface area contributed by atoms with Crippen molar-refractivity contribution in [2.75, 3.05) is 13.2 Å². The highest BCUT2D eigenvalue weighted by Gasteiger charge is 2.11. The van der Waals surface area contributed by atoms with Crippen molar-refractivity contribution in [1.29, 1.82) is 0 Å². The molecule has 0 unspecified atom stereocenters. The Morgan fingerprint density at radius 3 is 2.36 bits per heavy atom. The summed E-state index contributed by atoms with van der Waals surface area (Å²) >= 11 is 0. The molecule has 0 bridgehead atoms. The number of rotatable bonds is 7. The number of hydrogen-bond acceptors (Lipinski definition) is 3. The number of aliphatic carboxylic acids is 1. The highest BCUT2D eigenvalue weighted by Crippen LogP contribution is 1.98. The molecule has 0 aromatic heterocycles. The van der Waals surface area contributed by atoms with Crippen molar-refractivity contribution in [3.05, 3.63) is 0 Å². The van der Waals surface area contributed by atoms with Crippen molar-refractivity contribution in [2.24, 2.45) is 5.92 Å². The van der Waals surface area contributed by atoms with Crippen LogP contribution in [-0.4, -0.2) is 36.4 Å². The molecule has 0 heterocycles. The van der Waals surface area contributed by atoms with Crippen LogP contribution < -0.4 is 5.32 Å². The van der Waals surface area contributed by atoms with Crippen molar-refractivity contribution in [1.82, 2.24) is 5.32 Å². The fraction of sp³-hybridized carbons (Fsp3) is 0.900. The molecule has 2 N–H and O–H groups in total. The molecule has 14 heavy (non-hydrogen) atoms. The van der Waals surface area contributed by atoms with Crippen molar-refractivity contribution < 1.29 is 14.6 Å². The molecule has 0 spiro atoms. The van der Waals surface area contributed by atoms with E-state index >= 15 is 0 Å². The van der Waals surface area contributed by atoms with Gasteiger partial charge in [-0.3, -0.25) is 4.79 Å². The zero-order valence-electron chi connectivity index (χ0n) is 9.41. The van der Waals surface area contributed by atoms with Crippen LogP contribution in [0.15, 0.2) is 0 Å². The number of carboxylic acids is 1. The van der Waals surface area contributed by atoms with E-state index in [-0.39, 0.29) is 6.10 Å². The fourth-order valence-electron chi connectivity index (χ4n) is 0.881. The van der Waals surface area contributed by atoms with Gasteiger partial charge in [0.15, 0.2) is 0 Å². The van der Waals surface area contributed by atoms with Gasteiger partial charge >= 0.3 is 5.97 Å². The van der Waals surface area contributed by atoms with E-state index in [9.17, 15) is 4.79 Å². The first kappa shape index (κ1) is 13.4. The summed E-state index contributed by atoms with van der Waals surface area (Å²) in [5.41, 5.74) is 0. The molecule has 84 valence electrons. The molecule has 0 aliphatic rings. The first-order chi connectivity index (χ1) is 6.43. The lowest BCUT2D eigenvalue weighted by Gasteiger charge is -2.16. The maximum atomic E-state index is 10.5. The largest absolute Gasteiger partial charge is 0.480 e. The van der Waals surface area contributed by atoms with Gasteiger partial charge in [0, 0.05) is 6.54 Å². The Labute approximate surface area is 85.6 Å². The zero-order valence-corrected chi connectivity index (χ0v) is 9.41. The molecule has 0 amide bonds. The van der Waals surface area contributed by atoms with E-state index in [2.05, 4.69) is 5.32 Å². The van der Waals surface area contributed by atoms with Crippen LogP contribution in [0.1, 0.15) is 27.7 Å². The van der Waals surface area contributed by atoms with E-state index in [4.69, 9.17) is 9.84 Å². The second kappa shape index (κ2) is 6.79. The van der Waals surface area contributed by atoms with Crippen LogP contribution >= 0.6 is 0 Å². The van der Waals surface area contributed by atoms with Crippen molar-refractivity contribution in [2.45, 2.75) is 39.8 Å². The maximum absolute atomic E-state index is 10.5. The second-order valence-corrected chi connectivity index (χ2v) is 3.96. The van der Waals surface area contributed by atoms with Crippen molar-refractivity contribution in [3.8, 4) is 0 Å². The van der Waals surface area contributed by atoms with Gasteiger partial charge in [-0.15, -0.1) is 0 Å². The quantitative estimate of drug-likeness (QED) is 0.650. The molecular weight excluding hydrogens is 182 g/mol. The molecule has 0 aromatic carbocycles. The first-order valence-electron chi connectivity index (χ1n) is 5.01. The van der Waals surface area contributed by atoms with Crippen LogP contribution in [-0.2, 0) is 9.53 Å². The van der Waals surface area contributed by atoms with Gasteiger partial charge in [0.2, 0.25) is 0 Å². The number of ether oxygens (including phenoxy) is 1. The Morgan fingerprint density at radius 2 is 1.93 bits per heavy atom. The molecule has 0 saturated heterocycles. The third kappa shape index (κ3) is 6.86. The smallest absolute Gasteiger partial charge is 0.320 e. The summed E-state index contributed by atoms with van der Waals surface area (Å²) in [4.78, 5) is 10.5. The molecule has 0 rings (SSSR count). The monoisotopic (exact) mass is 203 g/mol. The number of nitrogens with one attached hydrogen (secondary N) is 1. The average Bonchev–Trinajstić information content (AvgIpc) is 2.10. The molecule has 0 saturated carbocycles. The summed E-state index contributed by atoms with van der Waals surface area (Å²) in [6.07, 6.45) is 0.231. The summed E-state index contributed by atoms with van der Waals surface area (Å²) in [5, 5.41) is 11.5. The molecule has 4 heteroatoms. The van der Waals surface area contributed by atoms with E-state index in [0.717, 1.165) is 0 Å². The number of carbonyl (C=O) groups is 1. The van der Waals surface area contributed by atoms with Gasteiger partial charge in [0.1, 0.15) is 6.04 Å². The minimum absolute atomic E-state index is 0.231. The van der Waals surface area contributed by atoms with E-state index in [1.807, 2.05) is 20.8 Å². The van der Waals surface area contributed by atoms with Gasteiger partial charge in [-0.05, 0) is 26.7 Å². The molecule has 0 aliphatic heterocycles. The molecule has 4 nitrogen and oxygen atoms in total. The van der Waals surface area contributed by atoms with Gasteiger partial charge in [-0.1, -0.05) is 6.92 Å². The lowest BCUT2D eigenvalue weighted by molar-refractivity contribution is -0.139. The third-order valence-electron chi connectivity index (χ3n) is 1.86. The SMILES string of the molecule is CC(C)OC[C@@H](C)CN[C@@H](C)C(=O)O. The summed E-state index contributed by atoms with van der Waals surface area (Å²) in [7, 11) is 0. The van der Waals surface area contributed by atoms with Crippen LogP contribution in [0.25, 0.3) is 0 Å². The van der Waals surface area contributed by atoms with Gasteiger partial charge in [0.25, 0.3) is 0 Å². The topological polar surface area (TPSA) is 58.6 Å². The number of carboxylic acid groups (broad SMARTS) is 1. The van der Waals surface area contributed by atoms with Gasteiger partial charge < -0.3 is 15.2 Å². The van der Waals surface area contributed by atoms with Crippen LogP contribution in [0.2, 0.25) is 0 Å². The Hall–Kier alpha value is -0.610. The predicted octanol–water partition coefficient (Wildman–Crippen LogP) is 1.11. The van der Waals surface area contributed by atoms with Crippen LogP contribution in [0.3, 0.4) is 0 Å². The Bertz CT molecular complexity index is 171. The zero-order chi connectivity index (χ0) is 11.1. The lowest BCUT2D eigenvalue weighted by atomic mass is 10.2. The Balaban J connectivity index is 3.53. The molecule has 0 aliphatic carbocycles. The molecule has 0 fully saturated rings. The normalized spacial score (nSPS) is 15.5. The second-order valence-electron chi connectivity index (χ2n) is 3.96. The van der Waals surface area contributed by atoms with Crippen LogP contribution in [0, 0.1) is 5.92 Å². The summed E-state index contributed by atoms with van der Waals surface area (Å²) in [6, 6.07) is -0.489. The highest BCUT2D eigenvalue weighted by molar-refractivity contribution is 5.72. The van der Waals surface area contributed by atoms with Crippen molar-refractivity contribution in [3.63, 3.8) is 0 Å². The van der Waals surface area contributed by atoms with Crippen LogP contribution in [0.5, 0.6) is 0 Å². The Morgan fingerprint density at radius 1 is 1.36 bits per heavy atom. The van der Waals surface area contributed by atoms with E-state index in [0.29, 0.717) is 19.1 Å². The third-order valence-corrected chi connectivity index (χ3v) is 1.86. The van der Waals surface area contributed by atoms with E-state index < -0.39 is 12.0 Å². The van der Waals surface area contributed by atoms with Gasteiger partial charge in [0.05, 0.1) is 12.7 Å². The summed E-state index contributed by atoms with van der Waals surface area (Å²) in [5.74, 6) is -0.485. The van der Waals surface area contributed by atoms with Gasteiger partial charge in [-0.25, -0.2) is 0 Å². The van der Waals surface area contributed by atoms with Crippen LogP contribution in [0.4, 0.5) is 0 Å². The van der Waals surface area contributed by atoms with Crippen molar-refractivity contribution >= 4 is 5.97 Å². The van der Waals surface area contributed by atoms with Gasteiger partial charge in [-0.2, -0.15) is 0 Å². The average molecular weight is 203 g/mol. The summed E-state index contributed by atoms with van der Waals surface area (Å²) in [6.45, 7) is 8.97. The first-order valence-corrected chi connectivity index (χ1v) is 5.01. The van der Waals surface area contributed by atoms with E-state index in [1.165, 1.54) is 0 Å². The highest BCUT2D eigenvalue weighted by atomic mass is 16.5. The number of hydrogen-bond donors (Lipinski definition) is 2. The predicted molar refractivity (Wildman–Crippen MR) is 55.4 cm³/mol. The molecule has 2 atom stereocenters. The minimum atomic E-state index is -0.818. The van der Waals surface area contributed by atoms with E-state index in [1.54, 1.807) is 6.92 Å².